The fraction of sp³-hybridized carbons (Fsp3) is 0.200. The van der Waals surface area contributed by atoms with Crippen LogP contribution in [-0.4, -0.2) is 60.1 Å². The molecule has 5 aromatic carbocycles. The Hall–Kier alpha value is -4.80. The van der Waals surface area contributed by atoms with Crippen molar-refractivity contribution in [3.05, 3.63) is 70.8 Å². The Morgan fingerprint density at radius 3 is 1.18 bits per heavy atom. The highest BCUT2D eigenvalue weighted by atomic mass is 16.4. The van der Waals surface area contributed by atoms with Crippen LogP contribution in [0.5, 0.6) is 0 Å². The van der Waals surface area contributed by atoms with Crippen LogP contribution in [0.3, 0.4) is 0 Å². The molecule has 0 aliphatic carbocycles. The van der Waals surface area contributed by atoms with Crippen molar-refractivity contribution in [3.8, 4) is 0 Å². The molecule has 5 rings (SSSR count). The minimum Gasteiger partial charge on any atom is -0.478 e. The minimum atomic E-state index is -1.24. The van der Waals surface area contributed by atoms with Crippen LogP contribution >= 0.6 is 0 Å². The third kappa shape index (κ3) is 4.33. The zero-order chi connectivity index (χ0) is 28.6. The van der Waals surface area contributed by atoms with Crippen LogP contribution < -0.4 is 22.1 Å². The van der Waals surface area contributed by atoms with Gasteiger partial charge >= 0.3 is 11.9 Å². The van der Waals surface area contributed by atoms with E-state index in [4.69, 9.17) is 11.5 Å². The van der Waals surface area contributed by atoms with E-state index < -0.39 is 11.9 Å². The number of benzene rings is 5. The average Bonchev–Trinajstić information content (AvgIpc) is 2.94. The van der Waals surface area contributed by atoms with E-state index in [1.54, 1.807) is 36.4 Å². The van der Waals surface area contributed by atoms with Gasteiger partial charge in [-0.2, -0.15) is 0 Å². The molecule has 0 bridgehead atoms. The van der Waals surface area contributed by atoms with Gasteiger partial charge in [-0.15, -0.1) is 0 Å². The maximum Gasteiger partial charge on any atom is 0.336 e. The summed E-state index contributed by atoms with van der Waals surface area (Å²) in [6.45, 7) is 1.56. The lowest BCUT2D eigenvalue weighted by molar-refractivity contribution is 0.0695. The molecule has 0 atom stereocenters. The highest BCUT2D eigenvalue weighted by Crippen LogP contribution is 2.44. The van der Waals surface area contributed by atoms with E-state index in [1.807, 2.05) is 0 Å². The first kappa shape index (κ1) is 26.8. The van der Waals surface area contributed by atoms with Gasteiger partial charge < -0.3 is 32.3 Å². The lowest BCUT2D eigenvalue weighted by atomic mass is 9.84. The van der Waals surface area contributed by atoms with Gasteiger partial charge in [-0.1, -0.05) is 24.3 Å². The minimum absolute atomic E-state index is 0.121. The standard InChI is InChI=1S/C30H28N4O6/c31-11-1-13-33-27(35)19-7-3-15-17-5-9-21(29(37)38)26-22(30(39)40)10-6-18(24(17)26)16-4-8-20(25(19)23(15)16)28(36)34-14-2-12-32/h3-10H,1-2,11-14,31-32H2,(H,33,35)(H,34,36)(H,37,38)(H,39,40). The Labute approximate surface area is 228 Å². The van der Waals surface area contributed by atoms with E-state index in [1.165, 1.54) is 12.1 Å². The number of carboxylic acids is 2. The van der Waals surface area contributed by atoms with E-state index in [0.29, 0.717) is 87.9 Å². The van der Waals surface area contributed by atoms with Crippen LogP contribution in [0.2, 0.25) is 0 Å². The molecule has 10 heteroatoms. The highest BCUT2D eigenvalue weighted by molar-refractivity contribution is 6.38. The van der Waals surface area contributed by atoms with Crippen LogP contribution in [0.25, 0.3) is 43.1 Å². The third-order valence-electron chi connectivity index (χ3n) is 7.18. The van der Waals surface area contributed by atoms with Gasteiger partial charge in [0.15, 0.2) is 0 Å². The summed E-state index contributed by atoms with van der Waals surface area (Å²) in [6, 6.07) is 12.9. The summed E-state index contributed by atoms with van der Waals surface area (Å²) in [5.74, 6) is -3.19. The number of carbonyl (C=O) groups excluding carboxylic acids is 2. The Morgan fingerprint density at radius 1 is 0.525 bits per heavy atom. The number of carbonyl (C=O) groups is 4. The van der Waals surface area contributed by atoms with Gasteiger partial charge in [-0.3, -0.25) is 9.59 Å². The highest BCUT2D eigenvalue weighted by Gasteiger charge is 2.25. The van der Waals surface area contributed by atoms with E-state index in [0.717, 1.165) is 0 Å². The van der Waals surface area contributed by atoms with Crippen molar-refractivity contribution in [1.29, 1.82) is 0 Å². The molecule has 204 valence electrons. The van der Waals surface area contributed by atoms with Crippen molar-refractivity contribution in [3.63, 3.8) is 0 Å². The zero-order valence-corrected chi connectivity index (χ0v) is 21.5. The molecule has 0 fully saturated rings. The summed E-state index contributed by atoms with van der Waals surface area (Å²) >= 11 is 0. The number of hydrogen-bond donors (Lipinski definition) is 6. The van der Waals surface area contributed by atoms with Gasteiger partial charge in [-0.05, 0) is 82.5 Å². The fourth-order valence-corrected chi connectivity index (χ4v) is 5.42. The van der Waals surface area contributed by atoms with E-state index in [-0.39, 0.29) is 28.3 Å². The predicted molar refractivity (Wildman–Crippen MR) is 154 cm³/mol. The number of aromatic carboxylic acids is 2. The van der Waals surface area contributed by atoms with Crippen molar-refractivity contribution >= 4 is 66.8 Å². The second kappa shape index (κ2) is 10.8. The summed E-state index contributed by atoms with van der Waals surface area (Å²) in [7, 11) is 0. The molecule has 40 heavy (non-hydrogen) atoms. The smallest absolute Gasteiger partial charge is 0.336 e. The summed E-state index contributed by atoms with van der Waals surface area (Å²) in [5.41, 5.74) is 11.5. The quantitative estimate of drug-likeness (QED) is 0.0885. The normalized spacial score (nSPS) is 11.4. The predicted octanol–water partition coefficient (Wildman–Crippen LogP) is 3.29. The van der Waals surface area contributed by atoms with Gasteiger partial charge in [-0.25, -0.2) is 9.59 Å². The van der Waals surface area contributed by atoms with Crippen molar-refractivity contribution < 1.29 is 29.4 Å². The molecule has 0 aliphatic heterocycles. The van der Waals surface area contributed by atoms with Crippen LogP contribution in [-0.2, 0) is 0 Å². The third-order valence-corrected chi connectivity index (χ3v) is 7.18. The second-order valence-electron chi connectivity index (χ2n) is 9.55. The van der Waals surface area contributed by atoms with Gasteiger partial charge in [0.25, 0.3) is 11.8 Å². The largest absolute Gasteiger partial charge is 0.478 e. The summed E-state index contributed by atoms with van der Waals surface area (Å²) in [4.78, 5) is 50.9. The summed E-state index contributed by atoms with van der Waals surface area (Å²) in [5, 5.41) is 29.8. The Bertz CT molecular complexity index is 1710. The molecule has 8 N–H and O–H groups in total. The lowest BCUT2D eigenvalue weighted by Gasteiger charge is -2.20. The fourth-order valence-electron chi connectivity index (χ4n) is 5.42. The number of nitrogens with two attached hydrogens (primary N) is 2. The van der Waals surface area contributed by atoms with Crippen LogP contribution in [0.1, 0.15) is 54.3 Å². The molecule has 0 spiro atoms. The first-order valence-corrected chi connectivity index (χ1v) is 12.9. The Morgan fingerprint density at radius 2 is 0.850 bits per heavy atom. The van der Waals surface area contributed by atoms with Gasteiger partial charge in [0.05, 0.1) is 11.1 Å². The van der Waals surface area contributed by atoms with Crippen LogP contribution in [0.15, 0.2) is 48.5 Å². The van der Waals surface area contributed by atoms with Crippen molar-refractivity contribution in [2.24, 2.45) is 11.5 Å². The molecule has 0 aromatic heterocycles. The number of rotatable bonds is 10. The van der Waals surface area contributed by atoms with Crippen molar-refractivity contribution in [2.45, 2.75) is 12.8 Å². The molecule has 0 aliphatic rings. The van der Waals surface area contributed by atoms with Crippen LogP contribution in [0.4, 0.5) is 0 Å². The molecule has 5 aromatic rings. The van der Waals surface area contributed by atoms with E-state index in [9.17, 15) is 29.4 Å². The van der Waals surface area contributed by atoms with E-state index in [2.05, 4.69) is 10.6 Å². The molecule has 0 saturated heterocycles. The number of carboxylic acid groups (broad SMARTS) is 2. The first-order chi connectivity index (χ1) is 19.3. The summed E-state index contributed by atoms with van der Waals surface area (Å²) in [6.07, 6.45) is 1.18. The molecule has 2 amide bonds. The van der Waals surface area contributed by atoms with Crippen LogP contribution in [0, 0.1) is 0 Å². The van der Waals surface area contributed by atoms with Gasteiger partial charge in [0.1, 0.15) is 0 Å². The molecular weight excluding hydrogens is 512 g/mol. The number of amides is 2. The zero-order valence-electron chi connectivity index (χ0n) is 21.5. The number of nitrogens with one attached hydrogen (secondary N) is 2. The SMILES string of the molecule is NCCCNC(=O)c1ccc2c3ccc(C(=O)O)c4c(C(=O)O)ccc(c5ccc(C(=O)NCCCN)c1c25)c43. The topological polar surface area (TPSA) is 185 Å². The maximum atomic E-state index is 13.3. The van der Waals surface area contributed by atoms with Gasteiger partial charge in [0.2, 0.25) is 0 Å². The molecular formula is C30H28N4O6. The second-order valence-corrected chi connectivity index (χ2v) is 9.55. The molecule has 0 saturated carbocycles. The molecule has 0 unspecified atom stereocenters. The Kier molecular flexibility index (Phi) is 7.20. The average molecular weight is 541 g/mol. The number of hydrogen-bond acceptors (Lipinski definition) is 6. The molecule has 0 radical (unpaired) electrons. The number of fused-ring (bicyclic) bond motifs is 2. The maximum absolute atomic E-state index is 13.3. The molecule has 10 nitrogen and oxygen atoms in total. The Balaban J connectivity index is 1.91. The van der Waals surface area contributed by atoms with Crippen molar-refractivity contribution in [1.82, 2.24) is 10.6 Å². The lowest BCUT2D eigenvalue weighted by Crippen LogP contribution is -2.28. The summed E-state index contributed by atoms with van der Waals surface area (Å²) < 4.78 is 0. The monoisotopic (exact) mass is 540 g/mol. The molecule has 0 heterocycles. The van der Waals surface area contributed by atoms with Crippen molar-refractivity contribution in [2.75, 3.05) is 26.2 Å². The first-order valence-electron chi connectivity index (χ1n) is 12.9. The van der Waals surface area contributed by atoms with Gasteiger partial charge in [0, 0.05) is 35.0 Å². The van der Waals surface area contributed by atoms with E-state index >= 15 is 0 Å².